The minimum Gasteiger partial charge on any atom is -0.481 e. The van der Waals surface area contributed by atoms with Crippen LogP contribution in [0.3, 0.4) is 0 Å². The summed E-state index contributed by atoms with van der Waals surface area (Å²) < 4.78 is 17.5. The topological polar surface area (TPSA) is 135 Å². The van der Waals surface area contributed by atoms with Crippen LogP contribution in [0.15, 0.2) is 36.8 Å². The number of carbonyl (C=O) groups excluding carboxylic acids is 1. The van der Waals surface area contributed by atoms with Crippen molar-refractivity contribution in [3.05, 3.63) is 36.8 Å². The number of hydrogen-bond acceptors (Lipinski definition) is 11. The smallest absolute Gasteiger partial charge is 0.260 e. The van der Waals surface area contributed by atoms with E-state index in [1.165, 1.54) is 0 Å². The van der Waals surface area contributed by atoms with Gasteiger partial charge in [-0.2, -0.15) is 4.98 Å². The van der Waals surface area contributed by atoms with E-state index in [4.69, 9.17) is 19.2 Å². The first-order chi connectivity index (χ1) is 19.1. The number of nitrogens with zero attached hydrogens (tertiary/aromatic N) is 6. The summed E-state index contributed by atoms with van der Waals surface area (Å²) in [7, 11) is 0. The van der Waals surface area contributed by atoms with Crippen LogP contribution in [-0.4, -0.2) is 100 Å². The third-order valence-electron chi connectivity index (χ3n) is 7.38. The molecule has 2 aliphatic heterocycles. The van der Waals surface area contributed by atoms with Crippen molar-refractivity contribution in [2.45, 2.75) is 43.9 Å². The molecule has 0 spiro atoms. The van der Waals surface area contributed by atoms with Gasteiger partial charge in [0.1, 0.15) is 11.9 Å². The number of hydrogen-bond donors (Lipinski definition) is 2. The molecule has 6 rings (SSSR count). The number of aliphatic hydroxyl groups excluding tert-OH is 1. The number of β-amino-alcohol motifs (C(OH)–C–C–N with tert-alkyl or cyclic N) is 1. The second-order valence-electron chi connectivity index (χ2n) is 10.2. The Morgan fingerprint density at radius 2 is 1.87 bits per heavy atom. The van der Waals surface area contributed by atoms with Crippen LogP contribution >= 0.6 is 0 Å². The molecular formula is C27H33N7O5. The number of anilines is 2. The van der Waals surface area contributed by atoms with Gasteiger partial charge in [0.15, 0.2) is 12.4 Å². The maximum absolute atomic E-state index is 12.0. The average molecular weight is 536 g/mol. The van der Waals surface area contributed by atoms with Crippen LogP contribution in [0.4, 0.5) is 11.8 Å². The second-order valence-corrected chi connectivity index (χ2v) is 10.2. The normalized spacial score (nSPS) is 21.9. The number of fused-ring (bicyclic) bond motifs is 1. The van der Waals surface area contributed by atoms with Crippen molar-refractivity contribution in [1.82, 2.24) is 24.8 Å². The Balaban J connectivity index is 1.01. The molecule has 0 aromatic carbocycles. The van der Waals surface area contributed by atoms with Crippen LogP contribution < -0.4 is 19.7 Å². The lowest BCUT2D eigenvalue weighted by Crippen LogP contribution is -2.54. The fourth-order valence-corrected chi connectivity index (χ4v) is 5.10. The number of likely N-dealkylation sites (tertiary alicyclic amines) is 1. The van der Waals surface area contributed by atoms with Crippen LogP contribution in [-0.2, 0) is 9.53 Å². The maximum atomic E-state index is 12.0. The molecule has 0 bridgehead atoms. The summed E-state index contributed by atoms with van der Waals surface area (Å²) in [6, 6.07) is 6.19. The summed E-state index contributed by atoms with van der Waals surface area (Å²) >= 11 is 0. The van der Waals surface area contributed by atoms with Gasteiger partial charge in [0, 0.05) is 44.5 Å². The Morgan fingerprint density at radius 1 is 1.10 bits per heavy atom. The summed E-state index contributed by atoms with van der Waals surface area (Å²) in [5.74, 6) is 2.32. The van der Waals surface area contributed by atoms with E-state index in [0.29, 0.717) is 43.9 Å². The molecule has 2 saturated heterocycles. The zero-order chi connectivity index (χ0) is 26.6. The van der Waals surface area contributed by atoms with Crippen LogP contribution in [0.5, 0.6) is 11.6 Å². The van der Waals surface area contributed by atoms with Crippen molar-refractivity contribution >= 4 is 28.6 Å². The lowest BCUT2D eigenvalue weighted by molar-refractivity contribution is -0.143. The van der Waals surface area contributed by atoms with Crippen LogP contribution in [0.1, 0.15) is 25.7 Å². The fraction of sp³-hybridized carbons (Fsp3) is 0.519. The number of rotatable bonds is 8. The van der Waals surface area contributed by atoms with Gasteiger partial charge in [0.2, 0.25) is 11.8 Å². The maximum Gasteiger partial charge on any atom is 0.260 e. The Kier molecular flexibility index (Phi) is 7.55. The van der Waals surface area contributed by atoms with Gasteiger partial charge in [-0.05, 0) is 37.8 Å². The number of aromatic nitrogens is 4. The highest BCUT2D eigenvalue weighted by atomic mass is 16.5. The van der Waals surface area contributed by atoms with E-state index in [2.05, 4.69) is 25.2 Å². The van der Waals surface area contributed by atoms with Gasteiger partial charge in [-0.1, -0.05) is 0 Å². The SMILES string of the molecule is O=C(COc1cnc(NC2CCC(Oc3nc(N4CCOCC4)cc4ncccc34)CC2)nc1)N1CC(O)C1. The molecule has 12 nitrogen and oxygen atoms in total. The molecular weight excluding hydrogens is 502 g/mol. The zero-order valence-electron chi connectivity index (χ0n) is 21.7. The Morgan fingerprint density at radius 3 is 2.62 bits per heavy atom. The van der Waals surface area contributed by atoms with Crippen molar-refractivity contribution in [1.29, 1.82) is 0 Å². The minimum atomic E-state index is -0.426. The van der Waals surface area contributed by atoms with Gasteiger partial charge in [-0.25, -0.2) is 9.97 Å². The molecule has 12 heteroatoms. The van der Waals surface area contributed by atoms with Crippen molar-refractivity contribution in [3.63, 3.8) is 0 Å². The van der Waals surface area contributed by atoms with E-state index in [0.717, 1.165) is 55.5 Å². The van der Waals surface area contributed by atoms with Crippen LogP contribution in [0.25, 0.3) is 10.9 Å². The summed E-state index contributed by atoms with van der Waals surface area (Å²) in [4.78, 5) is 33.9. The first-order valence-corrected chi connectivity index (χ1v) is 13.5. The lowest BCUT2D eigenvalue weighted by Gasteiger charge is -2.35. The Bertz CT molecular complexity index is 1270. The van der Waals surface area contributed by atoms with Crippen LogP contribution in [0, 0.1) is 0 Å². The monoisotopic (exact) mass is 535 g/mol. The van der Waals surface area contributed by atoms with Crippen molar-refractivity contribution < 1.29 is 24.1 Å². The average Bonchev–Trinajstić information content (AvgIpc) is 2.96. The predicted molar refractivity (Wildman–Crippen MR) is 143 cm³/mol. The standard InChI is InChI=1S/C27H33N7O5/c35-19-15-34(16-19)25(36)17-38-21-13-29-27(30-14-21)31-18-3-5-20(6-4-18)39-26-22-2-1-7-28-23(22)12-24(32-26)33-8-10-37-11-9-33/h1-2,7,12-14,18-20,35H,3-6,8-11,15-17H2,(H,29,30,31). The number of carbonyl (C=O) groups is 1. The van der Waals surface area contributed by atoms with Gasteiger partial charge in [-0.15, -0.1) is 0 Å². The molecule has 3 fully saturated rings. The lowest BCUT2D eigenvalue weighted by atomic mass is 9.93. The Hall–Kier alpha value is -3.77. The van der Waals surface area contributed by atoms with E-state index >= 15 is 0 Å². The number of pyridine rings is 2. The quantitative estimate of drug-likeness (QED) is 0.436. The summed E-state index contributed by atoms with van der Waals surface area (Å²) in [6.07, 6.45) is 8.18. The van der Waals surface area contributed by atoms with Gasteiger partial charge in [0.25, 0.3) is 5.91 Å². The molecule has 206 valence electrons. The third kappa shape index (κ3) is 6.12. The molecule has 5 heterocycles. The molecule has 1 aliphatic carbocycles. The minimum absolute atomic E-state index is 0.0700. The van der Waals surface area contributed by atoms with Crippen LogP contribution in [0.2, 0.25) is 0 Å². The zero-order valence-corrected chi connectivity index (χ0v) is 21.7. The van der Waals surface area contributed by atoms with Gasteiger partial charge in [-0.3, -0.25) is 9.78 Å². The van der Waals surface area contributed by atoms with Gasteiger partial charge in [0.05, 0.1) is 42.6 Å². The molecule has 0 unspecified atom stereocenters. The molecule has 1 saturated carbocycles. The molecule has 3 aromatic rings. The van der Waals surface area contributed by atoms with Crippen molar-refractivity contribution in [2.75, 3.05) is 56.2 Å². The van der Waals surface area contributed by atoms with E-state index < -0.39 is 6.10 Å². The molecule has 3 aliphatic rings. The highest BCUT2D eigenvalue weighted by molar-refractivity contribution is 5.85. The summed E-state index contributed by atoms with van der Waals surface area (Å²) in [5.41, 5.74) is 0.882. The molecule has 2 N–H and O–H groups in total. The number of aliphatic hydroxyl groups is 1. The molecule has 1 amide bonds. The van der Waals surface area contributed by atoms with Gasteiger partial charge >= 0.3 is 0 Å². The second kappa shape index (κ2) is 11.5. The molecule has 3 aromatic heterocycles. The van der Waals surface area contributed by atoms with Crippen molar-refractivity contribution in [3.8, 4) is 11.6 Å². The highest BCUT2D eigenvalue weighted by Crippen LogP contribution is 2.31. The first kappa shape index (κ1) is 25.5. The number of amides is 1. The molecule has 39 heavy (non-hydrogen) atoms. The third-order valence-corrected chi connectivity index (χ3v) is 7.38. The summed E-state index contributed by atoms with van der Waals surface area (Å²) in [6.45, 7) is 3.62. The van der Waals surface area contributed by atoms with E-state index in [1.807, 2.05) is 18.2 Å². The van der Waals surface area contributed by atoms with E-state index in [-0.39, 0.29) is 24.7 Å². The van der Waals surface area contributed by atoms with E-state index in [9.17, 15) is 9.90 Å². The number of nitrogens with one attached hydrogen (secondary N) is 1. The predicted octanol–water partition coefficient (Wildman–Crippen LogP) is 1.64. The summed E-state index contributed by atoms with van der Waals surface area (Å²) in [5, 5.41) is 13.6. The Labute approximate surface area is 226 Å². The number of ether oxygens (including phenoxy) is 3. The van der Waals surface area contributed by atoms with E-state index in [1.54, 1.807) is 23.5 Å². The number of morpholine rings is 1. The van der Waals surface area contributed by atoms with Gasteiger partial charge < -0.3 is 34.4 Å². The fourth-order valence-electron chi connectivity index (χ4n) is 5.10. The largest absolute Gasteiger partial charge is 0.481 e. The van der Waals surface area contributed by atoms with Crippen molar-refractivity contribution in [2.24, 2.45) is 0 Å². The molecule has 0 radical (unpaired) electrons. The first-order valence-electron chi connectivity index (χ1n) is 13.5. The molecule has 0 atom stereocenters. The highest BCUT2D eigenvalue weighted by Gasteiger charge is 2.29.